The van der Waals surface area contributed by atoms with Crippen LogP contribution in [-0.4, -0.2) is 53.5 Å². The van der Waals surface area contributed by atoms with Gasteiger partial charge in [0.05, 0.1) is 48.3 Å². The summed E-state index contributed by atoms with van der Waals surface area (Å²) in [6.45, 7) is 3.05. The molecule has 0 N–H and O–H groups in total. The maximum Gasteiger partial charge on any atom is 0.227 e. The van der Waals surface area contributed by atoms with Gasteiger partial charge in [0.2, 0.25) is 5.91 Å². The molecule has 2 aromatic rings. The quantitative estimate of drug-likeness (QED) is 0.726. The Morgan fingerprint density at radius 3 is 2.90 bits per heavy atom. The number of carbonyl (C=O) groups excluding carboxylic acids is 1. The Morgan fingerprint density at radius 1 is 1.41 bits per heavy atom. The van der Waals surface area contributed by atoms with E-state index in [0.717, 1.165) is 0 Å². The van der Waals surface area contributed by atoms with Crippen molar-refractivity contribution in [1.82, 2.24) is 14.7 Å². The summed E-state index contributed by atoms with van der Waals surface area (Å²) in [4.78, 5) is 14.7. The zero-order chi connectivity index (χ0) is 20.8. The van der Waals surface area contributed by atoms with Crippen molar-refractivity contribution in [3.8, 4) is 0 Å². The maximum absolute atomic E-state index is 13.4. The minimum atomic E-state index is -3.58. The molecule has 10 heteroatoms. The first-order valence-electron chi connectivity index (χ1n) is 9.37. The number of rotatable bonds is 4. The second-order valence-corrected chi connectivity index (χ2v) is 10.1. The predicted octanol–water partition coefficient (Wildman–Crippen LogP) is 2.21. The van der Waals surface area contributed by atoms with Crippen LogP contribution < -0.4 is 0 Å². The highest BCUT2D eigenvalue weighted by molar-refractivity contribution is 7.92. The van der Waals surface area contributed by atoms with E-state index in [9.17, 15) is 17.6 Å². The Morgan fingerprint density at radius 2 is 2.21 bits per heavy atom. The number of ether oxygens (including phenoxy) is 1. The van der Waals surface area contributed by atoms with Crippen LogP contribution in [0.5, 0.6) is 0 Å². The van der Waals surface area contributed by atoms with Gasteiger partial charge in [-0.15, -0.1) is 0 Å². The van der Waals surface area contributed by atoms with Gasteiger partial charge < -0.3 is 9.64 Å². The summed E-state index contributed by atoms with van der Waals surface area (Å²) in [5.41, 5.74) is 1.11. The number of sulfone groups is 1. The van der Waals surface area contributed by atoms with E-state index in [-0.39, 0.29) is 41.4 Å². The molecule has 1 fully saturated rings. The molecule has 0 spiro atoms. The van der Waals surface area contributed by atoms with Crippen LogP contribution in [0.15, 0.2) is 29.3 Å². The van der Waals surface area contributed by atoms with E-state index in [0.29, 0.717) is 30.8 Å². The molecule has 1 amide bonds. The summed E-state index contributed by atoms with van der Waals surface area (Å²) in [6, 6.07) is 4.03. The van der Waals surface area contributed by atoms with Crippen molar-refractivity contribution in [2.75, 3.05) is 13.2 Å². The summed E-state index contributed by atoms with van der Waals surface area (Å²) >= 11 is 5.81. The smallest absolute Gasteiger partial charge is 0.227 e. The van der Waals surface area contributed by atoms with E-state index in [2.05, 4.69) is 5.10 Å². The number of hydrogen-bond acceptors (Lipinski definition) is 5. The monoisotopic (exact) mass is 441 g/mol. The second-order valence-electron chi connectivity index (χ2n) is 7.46. The molecular formula is C19H21ClFN3O4S. The second kappa shape index (κ2) is 7.70. The third-order valence-corrected chi connectivity index (χ3v) is 7.99. The highest BCUT2D eigenvalue weighted by Gasteiger charge is 2.37. The van der Waals surface area contributed by atoms with Gasteiger partial charge in [0.25, 0.3) is 0 Å². The molecule has 2 aliphatic heterocycles. The topological polar surface area (TPSA) is 81.5 Å². The number of amides is 1. The molecule has 0 aliphatic carbocycles. The average molecular weight is 442 g/mol. The van der Waals surface area contributed by atoms with Crippen LogP contribution in [0.25, 0.3) is 0 Å². The van der Waals surface area contributed by atoms with Crippen LogP contribution in [0.1, 0.15) is 24.6 Å². The molecule has 2 unspecified atom stereocenters. The Balaban J connectivity index is 1.58. The molecule has 2 aliphatic rings. The van der Waals surface area contributed by atoms with Gasteiger partial charge in [0.1, 0.15) is 10.7 Å². The third kappa shape index (κ3) is 3.78. The van der Waals surface area contributed by atoms with Gasteiger partial charge in [0, 0.05) is 12.6 Å². The lowest BCUT2D eigenvalue weighted by molar-refractivity contribution is -0.134. The first-order valence-corrected chi connectivity index (χ1v) is 11.3. The number of nitrogens with zero attached hydrogens (tertiary/aromatic N) is 3. The molecule has 29 heavy (non-hydrogen) atoms. The van der Waals surface area contributed by atoms with Crippen molar-refractivity contribution >= 4 is 27.3 Å². The van der Waals surface area contributed by atoms with Crippen LogP contribution in [0.4, 0.5) is 4.39 Å². The molecule has 0 radical (unpaired) electrons. The van der Waals surface area contributed by atoms with Crippen LogP contribution in [-0.2, 0) is 38.9 Å². The lowest BCUT2D eigenvalue weighted by Gasteiger charge is -2.34. The SMILES string of the molecule is CC1Cn2ncc(S(=O)(=O)C3CCOC3)c2CN1C(=O)Cc1ccc(F)c(Cl)c1. The largest absolute Gasteiger partial charge is 0.380 e. The molecule has 0 saturated carbocycles. The van der Waals surface area contributed by atoms with Crippen LogP contribution in [0.3, 0.4) is 0 Å². The van der Waals surface area contributed by atoms with Crippen molar-refractivity contribution < 1.29 is 22.3 Å². The predicted molar refractivity (Wildman–Crippen MR) is 104 cm³/mol. The van der Waals surface area contributed by atoms with Crippen molar-refractivity contribution in [2.45, 2.75) is 49.0 Å². The molecule has 2 atom stereocenters. The summed E-state index contributed by atoms with van der Waals surface area (Å²) in [7, 11) is -3.58. The highest BCUT2D eigenvalue weighted by atomic mass is 35.5. The Labute approximate surface area is 173 Å². The Kier molecular flexibility index (Phi) is 5.39. The van der Waals surface area contributed by atoms with Crippen LogP contribution in [0, 0.1) is 5.82 Å². The summed E-state index contributed by atoms with van der Waals surface area (Å²) in [5.74, 6) is -0.718. The summed E-state index contributed by atoms with van der Waals surface area (Å²) in [6.07, 6.45) is 1.89. The van der Waals surface area contributed by atoms with Gasteiger partial charge in [-0.05, 0) is 31.0 Å². The number of hydrogen-bond donors (Lipinski definition) is 0. The fourth-order valence-corrected chi connectivity index (χ4v) is 5.75. The Hall–Kier alpha value is -1.97. The van der Waals surface area contributed by atoms with Crippen molar-refractivity contribution in [3.63, 3.8) is 0 Å². The minimum absolute atomic E-state index is 0.0350. The standard InChI is InChI=1S/C19H21ClFN3O4S/c1-12-9-24-17(18(8-22-24)29(26,27)14-4-5-28-11-14)10-23(12)19(25)7-13-2-3-16(21)15(20)6-13/h2-3,6,8,12,14H,4-5,7,9-11H2,1H3. The van der Waals surface area contributed by atoms with E-state index >= 15 is 0 Å². The van der Waals surface area contributed by atoms with Crippen molar-refractivity contribution in [3.05, 3.63) is 46.5 Å². The molecule has 1 aromatic heterocycles. The molecular weight excluding hydrogens is 421 g/mol. The first kappa shape index (κ1) is 20.3. The zero-order valence-electron chi connectivity index (χ0n) is 15.8. The fraction of sp³-hybridized carbons (Fsp3) is 0.474. The number of fused-ring (bicyclic) bond motifs is 1. The van der Waals surface area contributed by atoms with Gasteiger partial charge in [0.15, 0.2) is 9.84 Å². The Bertz CT molecular complexity index is 1050. The number of benzene rings is 1. The van der Waals surface area contributed by atoms with E-state index in [1.165, 1.54) is 24.4 Å². The zero-order valence-corrected chi connectivity index (χ0v) is 17.4. The molecule has 3 heterocycles. The molecule has 4 rings (SSSR count). The number of aromatic nitrogens is 2. The van der Waals surface area contributed by atoms with Gasteiger partial charge >= 0.3 is 0 Å². The number of halogens is 2. The van der Waals surface area contributed by atoms with Gasteiger partial charge in [-0.3, -0.25) is 9.48 Å². The number of carbonyl (C=O) groups is 1. The molecule has 7 nitrogen and oxygen atoms in total. The first-order chi connectivity index (χ1) is 13.8. The van der Waals surface area contributed by atoms with Crippen molar-refractivity contribution in [2.24, 2.45) is 0 Å². The molecule has 1 aromatic carbocycles. The van der Waals surface area contributed by atoms with E-state index < -0.39 is 20.9 Å². The molecule has 1 saturated heterocycles. The molecule has 156 valence electrons. The molecule has 0 bridgehead atoms. The van der Waals surface area contributed by atoms with E-state index in [4.69, 9.17) is 16.3 Å². The van der Waals surface area contributed by atoms with Gasteiger partial charge in [-0.25, -0.2) is 12.8 Å². The normalized spacial score (nSPS) is 22.0. The average Bonchev–Trinajstić information content (AvgIpc) is 3.34. The van der Waals surface area contributed by atoms with E-state index in [1.54, 1.807) is 9.58 Å². The third-order valence-electron chi connectivity index (χ3n) is 5.49. The van der Waals surface area contributed by atoms with E-state index in [1.807, 2.05) is 6.92 Å². The van der Waals surface area contributed by atoms with Crippen LogP contribution >= 0.6 is 11.6 Å². The lowest BCUT2D eigenvalue weighted by atomic mass is 10.1. The summed E-state index contributed by atoms with van der Waals surface area (Å²) in [5, 5.41) is 3.63. The minimum Gasteiger partial charge on any atom is -0.380 e. The summed E-state index contributed by atoms with van der Waals surface area (Å²) < 4.78 is 46.3. The van der Waals surface area contributed by atoms with Gasteiger partial charge in [-0.1, -0.05) is 17.7 Å². The van der Waals surface area contributed by atoms with Gasteiger partial charge in [-0.2, -0.15) is 5.10 Å². The van der Waals surface area contributed by atoms with Crippen molar-refractivity contribution in [1.29, 1.82) is 0 Å². The lowest BCUT2D eigenvalue weighted by Crippen LogP contribution is -2.46. The van der Waals surface area contributed by atoms with Crippen LogP contribution in [0.2, 0.25) is 5.02 Å². The highest BCUT2D eigenvalue weighted by Crippen LogP contribution is 2.29. The fourth-order valence-electron chi connectivity index (χ4n) is 3.81. The maximum atomic E-state index is 13.4.